The molecule has 0 unspecified atom stereocenters. The highest BCUT2D eigenvalue weighted by Crippen LogP contribution is 2.59. The molecule has 0 spiro atoms. The molecule has 4 fully saturated rings. The number of hydrogen-bond acceptors (Lipinski definition) is 2. The predicted molar refractivity (Wildman–Crippen MR) is 73.7 cm³/mol. The summed E-state index contributed by atoms with van der Waals surface area (Å²) in [7, 11) is 0. The second-order valence-corrected chi connectivity index (χ2v) is 6.95. The SMILES string of the molecule is c1cnc2nc(C3C4CC5CC(C4)CC3C5)[nH]c2c1. The fraction of sp³-hybridized carbons (Fsp3) is 0.625. The number of aromatic amines is 1. The molecule has 0 radical (unpaired) electrons. The van der Waals surface area contributed by atoms with Gasteiger partial charge in [-0.3, -0.25) is 0 Å². The molecule has 2 aromatic rings. The smallest absolute Gasteiger partial charge is 0.177 e. The molecule has 6 rings (SSSR count). The van der Waals surface area contributed by atoms with E-state index in [9.17, 15) is 0 Å². The van der Waals surface area contributed by atoms with E-state index in [-0.39, 0.29) is 0 Å². The second kappa shape index (κ2) is 3.59. The van der Waals surface area contributed by atoms with Crippen LogP contribution in [-0.2, 0) is 0 Å². The first-order chi connectivity index (χ1) is 9.37. The van der Waals surface area contributed by atoms with E-state index < -0.39 is 0 Å². The second-order valence-electron chi connectivity index (χ2n) is 6.95. The maximum Gasteiger partial charge on any atom is 0.177 e. The quantitative estimate of drug-likeness (QED) is 0.845. The number of pyridine rings is 1. The van der Waals surface area contributed by atoms with Crippen LogP contribution in [0.3, 0.4) is 0 Å². The highest BCUT2D eigenvalue weighted by Gasteiger charge is 2.49. The molecule has 98 valence electrons. The van der Waals surface area contributed by atoms with Crippen molar-refractivity contribution in [3.05, 3.63) is 24.2 Å². The van der Waals surface area contributed by atoms with Gasteiger partial charge in [0.1, 0.15) is 5.82 Å². The van der Waals surface area contributed by atoms with E-state index in [0.29, 0.717) is 5.92 Å². The Morgan fingerprint density at radius 1 is 1.00 bits per heavy atom. The summed E-state index contributed by atoms with van der Waals surface area (Å²) >= 11 is 0. The fourth-order valence-corrected chi connectivity index (χ4v) is 5.39. The summed E-state index contributed by atoms with van der Waals surface area (Å²) in [6.07, 6.45) is 9.14. The Hall–Kier alpha value is -1.38. The lowest BCUT2D eigenvalue weighted by Crippen LogP contribution is -2.44. The van der Waals surface area contributed by atoms with Gasteiger partial charge in [-0.25, -0.2) is 9.97 Å². The molecule has 19 heavy (non-hydrogen) atoms. The van der Waals surface area contributed by atoms with Gasteiger partial charge in [-0.15, -0.1) is 0 Å². The third-order valence-electron chi connectivity index (χ3n) is 5.82. The molecule has 0 aromatic carbocycles. The molecule has 4 aliphatic carbocycles. The van der Waals surface area contributed by atoms with Crippen molar-refractivity contribution in [1.82, 2.24) is 15.0 Å². The van der Waals surface area contributed by atoms with Gasteiger partial charge in [0.15, 0.2) is 5.65 Å². The monoisotopic (exact) mass is 253 g/mol. The molecule has 4 saturated carbocycles. The van der Waals surface area contributed by atoms with Crippen LogP contribution < -0.4 is 0 Å². The van der Waals surface area contributed by atoms with Crippen LogP contribution in [0.4, 0.5) is 0 Å². The van der Waals surface area contributed by atoms with E-state index in [1.165, 1.54) is 37.9 Å². The van der Waals surface area contributed by atoms with Crippen LogP contribution in [0.25, 0.3) is 11.2 Å². The van der Waals surface area contributed by atoms with Gasteiger partial charge in [-0.05, 0) is 67.9 Å². The minimum Gasteiger partial charge on any atom is -0.340 e. The number of nitrogens with one attached hydrogen (secondary N) is 1. The summed E-state index contributed by atoms with van der Waals surface area (Å²) in [5, 5.41) is 0. The molecule has 3 heteroatoms. The van der Waals surface area contributed by atoms with Gasteiger partial charge in [0.05, 0.1) is 5.52 Å². The van der Waals surface area contributed by atoms with Crippen molar-refractivity contribution in [2.24, 2.45) is 23.7 Å². The maximum atomic E-state index is 4.79. The first-order valence-electron chi connectivity index (χ1n) is 7.67. The van der Waals surface area contributed by atoms with Crippen molar-refractivity contribution in [2.45, 2.75) is 38.0 Å². The van der Waals surface area contributed by atoms with Gasteiger partial charge in [0.2, 0.25) is 0 Å². The molecular weight excluding hydrogens is 234 g/mol. The van der Waals surface area contributed by atoms with Gasteiger partial charge in [-0.2, -0.15) is 0 Å². The first-order valence-corrected chi connectivity index (χ1v) is 7.67. The van der Waals surface area contributed by atoms with Crippen LogP contribution in [0, 0.1) is 23.7 Å². The van der Waals surface area contributed by atoms with Crippen LogP contribution in [0.5, 0.6) is 0 Å². The first kappa shape index (κ1) is 10.4. The molecule has 4 aliphatic rings. The van der Waals surface area contributed by atoms with Crippen LogP contribution in [0.1, 0.15) is 43.8 Å². The van der Waals surface area contributed by atoms with E-state index in [4.69, 9.17) is 4.98 Å². The molecule has 4 bridgehead atoms. The summed E-state index contributed by atoms with van der Waals surface area (Å²) in [5.41, 5.74) is 2.00. The van der Waals surface area contributed by atoms with Gasteiger partial charge in [0, 0.05) is 12.1 Å². The van der Waals surface area contributed by atoms with Crippen molar-refractivity contribution in [3.8, 4) is 0 Å². The molecule has 1 N–H and O–H groups in total. The van der Waals surface area contributed by atoms with Gasteiger partial charge >= 0.3 is 0 Å². The lowest BCUT2D eigenvalue weighted by Gasteiger charge is -2.53. The number of fused-ring (bicyclic) bond motifs is 1. The molecule has 0 amide bonds. The number of aromatic nitrogens is 3. The highest BCUT2D eigenvalue weighted by atomic mass is 15.0. The zero-order valence-electron chi connectivity index (χ0n) is 11.0. The summed E-state index contributed by atoms with van der Waals surface area (Å²) < 4.78 is 0. The predicted octanol–water partition coefficient (Wildman–Crippen LogP) is 3.50. The number of imidazole rings is 1. The van der Waals surface area contributed by atoms with Crippen LogP contribution in [-0.4, -0.2) is 15.0 Å². The molecular formula is C16H19N3. The number of nitrogens with zero attached hydrogens (tertiary/aromatic N) is 2. The van der Waals surface area contributed by atoms with Crippen molar-refractivity contribution in [1.29, 1.82) is 0 Å². The van der Waals surface area contributed by atoms with E-state index in [2.05, 4.69) is 16.0 Å². The van der Waals surface area contributed by atoms with Crippen LogP contribution in [0.15, 0.2) is 18.3 Å². The van der Waals surface area contributed by atoms with Crippen molar-refractivity contribution < 1.29 is 0 Å². The van der Waals surface area contributed by atoms with Gasteiger partial charge in [-0.1, -0.05) is 0 Å². The number of H-pyrrole nitrogens is 1. The fourth-order valence-electron chi connectivity index (χ4n) is 5.39. The Balaban J connectivity index is 1.58. The Morgan fingerprint density at radius 2 is 1.74 bits per heavy atom. The Labute approximate surface area is 112 Å². The van der Waals surface area contributed by atoms with Gasteiger partial charge in [0.25, 0.3) is 0 Å². The largest absolute Gasteiger partial charge is 0.340 e. The Kier molecular flexibility index (Phi) is 1.97. The minimum atomic E-state index is 0.682. The average Bonchev–Trinajstić information content (AvgIpc) is 2.80. The minimum absolute atomic E-state index is 0.682. The van der Waals surface area contributed by atoms with Crippen LogP contribution >= 0.6 is 0 Å². The Morgan fingerprint density at radius 3 is 2.42 bits per heavy atom. The van der Waals surface area contributed by atoms with Gasteiger partial charge < -0.3 is 4.98 Å². The Bertz CT molecular complexity index is 569. The molecule has 2 heterocycles. The topological polar surface area (TPSA) is 41.6 Å². The third-order valence-corrected chi connectivity index (χ3v) is 5.82. The average molecular weight is 253 g/mol. The van der Waals surface area contributed by atoms with E-state index in [0.717, 1.165) is 34.8 Å². The summed E-state index contributed by atoms with van der Waals surface area (Å²) in [6.45, 7) is 0. The number of rotatable bonds is 1. The molecule has 0 saturated heterocycles. The molecule has 3 nitrogen and oxygen atoms in total. The maximum absolute atomic E-state index is 4.79. The highest BCUT2D eigenvalue weighted by molar-refractivity contribution is 5.70. The molecule has 0 atom stereocenters. The zero-order valence-corrected chi connectivity index (χ0v) is 11.0. The van der Waals surface area contributed by atoms with E-state index >= 15 is 0 Å². The number of hydrogen-bond donors (Lipinski definition) is 1. The normalized spacial score (nSPS) is 40.1. The summed E-state index contributed by atoms with van der Waals surface area (Å²) in [5.74, 6) is 5.74. The lowest BCUT2D eigenvalue weighted by atomic mass is 9.52. The van der Waals surface area contributed by atoms with Crippen molar-refractivity contribution in [3.63, 3.8) is 0 Å². The van der Waals surface area contributed by atoms with Crippen molar-refractivity contribution >= 4 is 11.2 Å². The molecule has 2 aromatic heterocycles. The third kappa shape index (κ3) is 1.44. The standard InChI is InChI=1S/C16H19N3/c1-2-13-15(17-3-1)19-16(18-13)14-11-5-9-4-10(7-11)8-12(14)6-9/h1-3,9-12,14H,4-8H2,(H,17,18,19). The summed E-state index contributed by atoms with van der Waals surface area (Å²) in [4.78, 5) is 12.7. The van der Waals surface area contributed by atoms with Crippen molar-refractivity contribution in [2.75, 3.05) is 0 Å². The zero-order chi connectivity index (χ0) is 12.4. The summed E-state index contributed by atoms with van der Waals surface area (Å²) in [6, 6.07) is 4.08. The van der Waals surface area contributed by atoms with Crippen LogP contribution in [0.2, 0.25) is 0 Å². The molecule has 0 aliphatic heterocycles. The lowest BCUT2D eigenvalue weighted by molar-refractivity contribution is -0.00529. The van der Waals surface area contributed by atoms with E-state index in [1.807, 2.05) is 12.3 Å². The van der Waals surface area contributed by atoms with E-state index in [1.54, 1.807) is 0 Å².